The fourth-order valence-electron chi connectivity index (χ4n) is 5.18. The molecule has 0 N–H and O–H groups in total. The highest BCUT2D eigenvalue weighted by molar-refractivity contribution is 7.92. The molecule has 2 aromatic heterocycles. The zero-order valence-electron chi connectivity index (χ0n) is 22.2. The Morgan fingerprint density at radius 2 is 1.82 bits per heavy atom. The summed E-state index contributed by atoms with van der Waals surface area (Å²) in [6, 6.07) is 21.7. The molecule has 0 fully saturated rings. The van der Waals surface area contributed by atoms with Gasteiger partial charge in [0.15, 0.2) is 5.13 Å². The molecular formula is C31H28N4O3S2. The van der Waals surface area contributed by atoms with Crippen molar-refractivity contribution in [2.24, 2.45) is 0 Å². The van der Waals surface area contributed by atoms with Gasteiger partial charge in [-0.2, -0.15) is 0 Å². The van der Waals surface area contributed by atoms with Crippen molar-refractivity contribution in [3.63, 3.8) is 0 Å². The lowest BCUT2D eigenvalue weighted by Gasteiger charge is -2.30. The van der Waals surface area contributed by atoms with Crippen LogP contribution in [0.5, 0.6) is 0 Å². The van der Waals surface area contributed by atoms with Crippen LogP contribution in [-0.2, 0) is 23.0 Å². The number of thiazole rings is 1. The number of carbonyl (C=O) groups excluding carboxylic acids is 1. The Hall–Kier alpha value is -4.08. The third-order valence-electron chi connectivity index (χ3n) is 7.11. The number of sulfonamides is 1. The van der Waals surface area contributed by atoms with E-state index in [-0.39, 0.29) is 17.3 Å². The average Bonchev–Trinajstić information content (AvgIpc) is 3.40. The molecule has 1 aliphatic rings. The predicted octanol–water partition coefficient (Wildman–Crippen LogP) is 6.30. The first kappa shape index (κ1) is 26.2. The Labute approximate surface area is 237 Å². The third-order valence-corrected chi connectivity index (χ3v) is 9.97. The van der Waals surface area contributed by atoms with Crippen molar-refractivity contribution in [1.82, 2.24) is 9.97 Å². The minimum absolute atomic E-state index is 0.158. The number of hydrogen-bond acceptors (Lipinski definition) is 6. The summed E-state index contributed by atoms with van der Waals surface area (Å²) in [5, 5.41) is 0.583. The van der Waals surface area contributed by atoms with Crippen LogP contribution in [0.1, 0.15) is 39.0 Å². The number of rotatable bonds is 6. The van der Waals surface area contributed by atoms with Crippen molar-refractivity contribution >= 4 is 48.3 Å². The van der Waals surface area contributed by atoms with E-state index in [0.717, 1.165) is 51.0 Å². The molecule has 9 heteroatoms. The number of para-hydroxylation sites is 1. The number of aromatic nitrogens is 2. The standard InChI is InChI=1S/C31H28N4O3S2/c1-21-17-22(2)29-28(18-21)39-31(33-29)34(20-23-7-5-15-32-19-23)30(36)25-11-13-26(14-12-25)40(37,38)35-16-6-9-24-8-3-4-10-27(24)35/h3-5,7-8,10-15,17-19H,6,9,16,20H2,1-2H3. The highest BCUT2D eigenvalue weighted by Gasteiger charge is 2.29. The number of carbonyl (C=O) groups is 1. The molecule has 0 saturated carbocycles. The minimum Gasteiger partial charge on any atom is -0.279 e. The number of hydrogen-bond donors (Lipinski definition) is 0. The van der Waals surface area contributed by atoms with E-state index in [0.29, 0.717) is 17.2 Å². The fourth-order valence-corrected chi connectivity index (χ4v) is 7.86. The van der Waals surface area contributed by atoms with E-state index in [1.54, 1.807) is 29.4 Å². The first-order valence-corrected chi connectivity index (χ1v) is 15.4. The molecule has 0 bridgehead atoms. The Balaban J connectivity index is 1.34. The molecule has 5 aromatic rings. The van der Waals surface area contributed by atoms with E-state index in [4.69, 9.17) is 4.98 Å². The second-order valence-electron chi connectivity index (χ2n) is 10.0. The molecule has 6 rings (SSSR count). The van der Waals surface area contributed by atoms with Crippen molar-refractivity contribution in [3.05, 3.63) is 113 Å². The molecule has 202 valence electrons. The molecular weight excluding hydrogens is 541 g/mol. The van der Waals surface area contributed by atoms with Gasteiger partial charge in [0.2, 0.25) is 0 Å². The molecule has 40 heavy (non-hydrogen) atoms. The van der Waals surface area contributed by atoms with Gasteiger partial charge >= 0.3 is 0 Å². The van der Waals surface area contributed by atoms with E-state index in [2.05, 4.69) is 17.1 Å². The maximum Gasteiger partial charge on any atom is 0.264 e. The number of nitrogens with zero attached hydrogens (tertiary/aromatic N) is 4. The van der Waals surface area contributed by atoms with E-state index in [1.165, 1.54) is 27.8 Å². The van der Waals surface area contributed by atoms with Gasteiger partial charge in [0.05, 0.1) is 27.3 Å². The van der Waals surface area contributed by atoms with Gasteiger partial charge in [0.25, 0.3) is 15.9 Å². The molecule has 3 aromatic carbocycles. The largest absolute Gasteiger partial charge is 0.279 e. The summed E-state index contributed by atoms with van der Waals surface area (Å²) in [5.74, 6) is -0.260. The molecule has 1 aliphatic heterocycles. The van der Waals surface area contributed by atoms with Gasteiger partial charge in [0, 0.05) is 24.5 Å². The molecule has 0 saturated heterocycles. The number of amides is 1. The molecule has 0 atom stereocenters. The van der Waals surface area contributed by atoms with Crippen LogP contribution in [0.2, 0.25) is 0 Å². The van der Waals surface area contributed by atoms with E-state index in [9.17, 15) is 13.2 Å². The molecule has 7 nitrogen and oxygen atoms in total. The van der Waals surface area contributed by atoms with Gasteiger partial charge in [-0.05, 0) is 91.4 Å². The van der Waals surface area contributed by atoms with E-state index in [1.807, 2.05) is 50.2 Å². The van der Waals surface area contributed by atoms with Crippen molar-refractivity contribution in [2.45, 2.75) is 38.1 Å². The summed E-state index contributed by atoms with van der Waals surface area (Å²) in [4.78, 5) is 24.8. The van der Waals surface area contributed by atoms with Crippen molar-refractivity contribution in [3.8, 4) is 0 Å². The molecule has 1 amide bonds. The second kappa shape index (κ2) is 10.5. The van der Waals surface area contributed by atoms with Crippen LogP contribution in [0.25, 0.3) is 10.2 Å². The Morgan fingerprint density at radius 1 is 1.02 bits per heavy atom. The van der Waals surface area contributed by atoms with Gasteiger partial charge in [-0.15, -0.1) is 0 Å². The Kier molecular flexibility index (Phi) is 6.85. The van der Waals surface area contributed by atoms with Crippen molar-refractivity contribution in [1.29, 1.82) is 0 Å². The van der Waals surface area contributed by atoms with Crippen molar-refractivity contribution in [2.75, 3.05) is 15.7 Å². The van der Waals surface area contributed by atoms with E-state index >= 15 is 0 Å². The number of aryl methyl sites for hydroxylation is 3. The minimum atomic E-state index is -3.78. The molecule has 0 spiro atoms. The summed E-state index contributed by atoms with van der Waals surface area (Å²) >= 11 is 1.47. The zero-order chi connectivity index (χ0) is 27.9. The Bertz CT molecular complexity index is 1820. The SMILES string of the molecule is Cc1cc(C)c2nc(N(Cc3cccnc3)C(=O)c3ccc(S(=O)(=O)N4CCCc5ccccc54)cc3)sc2c1. The summed E-state index contributed by atoms with van der Waals surface area (Å²) in [6.07, 6.45) is 5.04. The highest BCUT2D eigenvalue weighted by atomic mass is 32.2. The Morgan fingerprint density at radius 3 is 2.60 bits per heavy atom. The monoisotopic (exact) mass is 568 g/mol. The quantitative estimate of drug-likeness (QED) is 0.240. The van der Waals surface area contributed by atoms with Gasteiger partial charge in [-0.1, -0.05) is 41.7 Å². The number of pyridine rings is 1. The highest BCUT2D eigenvalue weighted by Crippen LogP contribution is 2.34. The molecule has 0 unspecified atom stereocenters. The molecule has 0 aliphatic carbocycles. The fraction of sp³-hybridized carbons (Fsp3) is 0.194. The third kappa shape index (κ3) is 4.87. The summed E-state index contributed by atoms with van der Waals surface area (Å²) in [7, 11) is -3.78. The number of fused-ring (bicyclic) bond motifs is 2. The second-order valence-corrected chi connectivity index (χ2v) is 12.9. The first-order chi connectivity index (χ1) is 19.3. The summed E-state index contributed by atoms with van der Waals surface area (Å²) < 4.78 is 29.7. The van der Waals surface area contributed by atoms with Gasteiger partial charge in [-0.25, -0.2) is 13.4 Å². The first-order valence-electron chi connectivity index (χ1n) is 13.1. The predicted molar refractivity (Wildman–Crippen MR) is 160 cm³/mol. The summed E-state index contributed by atoms with van der Waals surface area (Å²) in [5.41, 5.74) is 6.06. The van der Waals surface area contributed by atoms with Crippen LogP contribution >= 0.6 is 11.3 Å². The van der Waals surface area contributed by atoms with Crippen LogP contribution in [-0.4, -0.2) is 30.8 Å². The van der Waals surface area contributed by atoms with Gasteiger partial charge in [-0.3, -0.25) is 19.0 Å². The number of anilines is 2. The maximum absolute atomic E-state index is 13.9. The van der Waals surface area contributed by atoms with Gasteiger partial charge in [0.1, 0.15) is 0 Å². The lowest BCUT2D eigenvalue weighted by atomic mass is 10.0. The lowest BCUT2D eigenvalue weighted by molar-refractivity contribution is 0.0985. The van der Waals surface area contributed by atoms with E-state index < -0.39 is 10.0 Å². The van der Waals surface area contributed by atoms with Crippen LogP contribution in [0.15, 0.2) is 90.1 Å². The topological polar surface area (TPSA) is 83.5 Å². The normalized spacial score (nSPS) is 13.3. The maximum atomic E-state index is 13.9. The van der Waals surface area contributed by atoms with Crippen LogP contribution in [0.3, 0.4) is 0 Å². The summed E-state index contributed by atoms with van der Waals surface area (Å²) in [6.45, 7) is 4.78. The van der Waals surface area contributed by atoms with Crippen LogP contribution in [0.4, 0.5) is 10.8 Å². The molecule has 3 heterocycles. The van der Waals surface area contributed by atoms with Crippen molar-refractivity contribution < 1.29 is 13.2 Å². The molecule has 0 radical (unpaired) electrons. The average molecular weight is 569 g/mol. The van der Waals surface area contributed by atoms with Gasteiger partial charge < -0.3 is 0 Å². The van der Waals surface area contributed by atoms with Crippen LogP contribution < -0.4 is 9.21 Å². The number of benzene rings is 3. The zero-order valence-corrected chi connectivity index (χ0v) is 23.9. The lowest BCUT2D eigenvalue weighted by Crippen LogP contribution is -2.35. The van der Waals surface area contributed by atoms with Crippen LogP contribution in [0, 0.1) is 13.8 Å². The smallest absolute Gasteiger partial charge is 0.264 e.